The molecule has 0 fully saturated rings. The fourth-order valence-electron chi connectivity index (χ4n) is 2.37. The van der Waals surface area contributed by atoms with Crippen molar-refractivity contribution in [2.75, 3.05) is 27.3 Å². The Balaban J connectivity index is 1.68. The molecule has 2 aromatic rings. The summed E-state index contributed by atoms with van der Waals surface area (Å²) in [6.45, 7) is 0.641. The van der Waals surface area contributed by atoms with Crippen LogP contribution in [0.4, 0.5) is 0 Å². The van der Waals surface area contributed by atoms with Crippen LogP contribution in [0.1, 0.15) is 5.56 Å². The number of carbonyl (C=O) groups excluding carboxylic acids is 2. The number of halogens is 1. The fraction of sp³-hybridized carbons (Fsp3) is 0.263. The maximum absolute atomic E-state index is 12.0. The summed E-state index contributed by atoms with van der Waals surface area (Å²) in [5.74, 6) is 0.542. The summed E-state index contributed by atoms with van der Waals surface area (Å²) in [4.78, 5) is 24.7. The molecule has 0 aliphatic rings. The van der Waals surface area contributed by atoms with Crippen molar-refractivity contribution < 1.29 is 24.0 Å². The molecule has 0 spiro atoms. The maximum atomic E-state index is 12.0. The van der Waals surface area contributed by atoms with Crippen molar-refractivity contribution in [3.8, 4) is 11.5 Å². The number of hydrogen-bond donors (Lipinski definition) is 3. The lowest BCUT2D eigenvalue weighted by molar-refractivity contribution is -0.885. The molecule has 144 valence electrons. The number of hydrazine groups is 1. The SMILES string of the molecule is COc1cccc(C[NH+](C)CC(=O)NNC(=O)COc2ccc(Cl)cc2)c1. The predicted octanol–water partition coefficient (Wildman–Crippen LogP) is 0.590. The van der Waals surface area contributed by atoms with Gasteiger partial charge in [0.2, 0.25) is 0 Å². The van der Waals surface area contributed by atoms with Crippen molar-refractivity contribution in [2.24, 2.45) is 0 Å². The molecule has 0 aliphatic heterocycles. The van der Waals surface area contributed by atoms with Crippen LogP contribution in [0, 0.1) is 0 Å². The van der Waals surface area contributed by atoms with Gasteiger partial charge in [0.15, 0.2) is 13.2 Å². The van der Waals surface area contributed by atoms with Gasteiger partial charge in [-0.15, -0.1) is 0 Å². The molecule has 2 rings (SSSR count). The van der Waals surface area contributed by atoms with Gasteiger partial charge in [0.1, 0.15) is 18.0 Å². The lowest BCUT2D eigenvalue weighted by Crippen LogP contribution is -3.09. The van der Waals surface area contributed by atoms with Gasteiger partial charge < -0.3 is 14.4 Å². The molecular formula is C19H23ClN3O4+. The second kappa shape index (κ2) is 10.4. The smallest absolute Gasteiger partial charge is 0.293 e. The van der Waals surface area contributed by atoms with E-state index >= 15 is 0 Å². The third kappa shape index (κ3) is 7.55. The second-order valence-electron chi connectivity index (χ2n) is 6.00. The van der Waals surface area contributed by atoms with Crippen LogP contribution < -0.4 is 25.2 Å². The minimum Gasteiger partial charge on any atom is -0.497 e. The molecule has 0 aromatic heterocycles. The van der Waals surface area contributed by atoms with Gasteiger partial charge in [-0.3, -0.25) is 20.4 Å². The van der Waals surface area contributed by atoms with Gasteiger partial charge in [-0.1, -0.05) is 23.7 Å². The predicted molar refractivity (Wildman–Crippen MR) is 102 cm³/mol. The molecule has 0 heterocycles. The van der Waals surface area contributed by atoms with Gasteiger partial charge in [-0.2, -0.15) is 0 Å². The van der Waals surface area contributed by atoms with Crippen molar-refractivity contribution in [3.05, 3.63) is 59.1 Å². The Morgan fingerprint density at radius 1 is 1.04 bits per heavy atom. The Kier molecular flexibility index (Phi) is 7.91. The highest BCUT2D eigenvalue weighted by molar-refractivity contribution is 6.30. The van der Waals surface area contributed by atoms with E-state index in [-0.39, 0.29) is 19.1 Å². The van der Waals surface area contributed by atoms with E-state index in [1.54, 1.807) is 31.4 Å². The number of nitrogens with one attached hydrogen (secondary N) is 3. The lowest BCUT2D eigenvalue weighted by atomic mass is 10.2. The molecule has 3 N–H and O–H groups in total. The van der Waals surface area contributed by atoms with E-state index < -0.39 is 5.91 Å². The third-order valence-corrected chi connectivity index (χ3v) is 3.88. The zero-order valence-corrected chi connectivity index (χ0v) is 16.0. The molecule has 7 nitrogen and oxygen atoms in total. The number of likely N-dealkylation sites (N-methyl/N-ethyl adjacent to an activating group) is 1. The normalized spacial score (nSPS) is 11.4. The molecule has 27 heavy (non-hydrogen) atoms. The number of ether oxygens (including phenoxy) is 2. The first-order valence-corrected chi connectivity index (χ1v) is 8.74. The van der Waals surface area contributed by atoms with Crippen molar-refractivity contribution in [3.63, 3.8) is 0 Å². The minimum absolute atomic E-state index is 0.204. The highest BCUT2D eigenvalue weighted by atomic mass is 35.5. The lowest BCUT2D eigenvalue weighted by Gasteiger charge is -2.15. The Labute approximate surface area is 163 Å². The van der Waals surface area contributed by atoms with E-state index in [0.29, 0.717) is 17.3 Å². The van der Waals surface area contributed by atoms with Crippen LogP contribution in [-0.4, -0.2) is 39.1 Å². The van der Waals surface area contributed by atoms with E-state index in [9.17, 15) is 9.59 Å². The van der Waals surface area contributed by atoms with Gasteiger partial charge in [0, 0.05) is 10.6 Å². The Bertz CT molecular complexity index is 768. The van der Waals surface area contributed by atoms with E-state index in [4.69, 9.17) is 21.1 Å². The van der Waals surface area contributed by atoms with Crippen LogP contribution >= 0.6 is 11.6 Å². The van der Waals surface area contributed by atoms with Crippen molar-refractivity contribution >= 4 is 23.4 Å². The average molecular weight is 393 g/mol. The first-order chi connectivity index (χ1) is 13.0. The summed E-state index contributed by atoms with van der Waals surface area (Å²) < 4.78 is 10.5. The second-order valence-corrected chi connectivity index (χ2v) is 6.44. The number of rotatable bonds is 8. The number of hydrogen-bond acceptors (Lipinski definition) is 4. The number of carbonyl (C=O) groups is 2. The Hall–Kier alpha value is -2.77. The molecule has 0 saturated carbocycles. The van der Waals surface area contributed by atoms with Crippen molar-refractivity contribution in [1.29, 1.82) is 0 Å². The van der Waals surface area contributed by atoms with Crippen LogP contribution in [0.3, 0.4) is 0 Å². The largest absolute Gasteiger partial charge is 0.497 e. The minimum atomic E-state index is -0.455. The van der Waals surface area contributed by atoms with E-state index in [1.165, 1.54) is 0 Å². The monoisotopic (exact) mass is 392 g/mol. The zero-order chi connectivity index (χ0) is 19.6. The van der Waals surface area contributed by atoms with Crippen LogP contribution in [0.2, 0.25) is 5.02 Å². The van der Waals surface area contributed by atoms with Gasteiger partial charge in [0.25, 0.3) is 11.8 Å². The van der Waals surface area contributed by atoms with Crippen LogP contribution in [0.25, 0.3) is 0 Å². The molecule has 0 radical (unpaired) electrons. The van der Waals surface area contributed by atoms with Gasteiger partial charge in [-0.05, 0) is 36.4 Å². The zero-order valence-electron chi connectivity index (χ0n) is 15.3. The average Bonchev–Trinajstić information content (AvgIpc) is 2.66. The van der Waals surface area contributed by atoms with Gasteiger partial charge in [0.05, 0.1) is 14.2 Å². The molecule has 2 amide bonds. The Morgan fingerprint density at radius 3 is 2.44 bits per heavy atom. The number of methoxy groups -OCH3 is 1. The first kappa shape index (κ1) is 20.5. The van der Waals surface area contributed by atoms with Gasteiger partial charge in [-0.25, -0.2) is 0 Å². The molecular weight excluding hydrogens is 370 g/mol. The summed E-state index contributed by atoms with van der Waals surface area (Å²) in [7, 11) is 3.51. The standard InChI is InChI=1S/C19H22ClN3O4/c1-23(11-14-4-3-5-17(10-14)26-2)12-18(24)21-22-19(25)13-27-16-8-6-15(20)7-9-16/h3-10H,11-13H2,1-2H3,(H,21,24)(H,22,25)/p+1. The topological polar surface area (TPSA) is 81.1 Å². The van der Waals surface area contributed by atoms with E-state index in [1.807, 2.05) is 31.3 Å². The number of benzene rings is 2. The van der Waals surface area contributed by atoms with Crippen molar-refractivity contribution in [1.82, 2.24) is 10.9 Å². The van der Waals surface area contributed by atoms with Crippen molar-refractivity contribution in [2.45, 2.75) is 6.54 Å². The molecule has 1 atom stereocenters. The third-order valence-electron chi connectivity index (χ3n) is 3.63. The summed E-state index contributed by atoms with van der Waals surface area (Å²) in [6, 6.07) is 14.3. The highest BCUT2D eigenvalue weighted by Crippen LogP contribution is 2.15. The molecule has 8 heteroatoms. The van der Waals surface area contributed by atoms with Crippen LogP contribution in [0.15, 0.2) is 48.5 Å². The fourth-order valence-corrected chi connectivity index (χ4v) is 2.49. The highest BCUT2D eigenvalue weighted by Gasteiger charge is 2.12. The summed E-state index contributed by atoms with van der Waals surface area (Å²) in [6.07, 6.45) is 0. The molecule has 0 aliphatic carbocycles. The van der Waals surface area contributed by atoms with Crippen LogP contribution in [-0.2, 0) is 16.1 Å². The first-order valence-electron chi connectivity index (χ1n) is 8.36. The number of amides is 2. The quantitative estimate of drug-likeness (QED) is 0.574. The van der Waals surface area contributed by atoms with Gasteiger partial charge >= 0.3 is 0 Å². The summed E-state index contributed by atoms with van der Waals surface area (Å²) in [5, 5.41) is 0.583. The molecule has 2 aromatic carbocycles. The van der Waals surface area contributed by atoms with E-state index in [0.717, 1.165) is 16.2 Å². The molecule has 0 bridgehead atoms. The van der Waals surface area contributed by atoms with E-state index in [2.05, 4.69) is 10.9 Å². The Morgan fingerprint density at radius 2 is 1.74 bits per heavy atom. The van der Waals surface area contributed by atoms with Crippen LogP contribution in [0.5, 0.6) is 11.5 Å². The number of quaternary nitrogens is 1. The summed E-state index contributed by atoms with van der Waals surface area (Å²) in [5.41, 5.74) is 5.77. The summed E-state index contributed by atoms with van der Waals surface area (Å²) >= 11 is 5.78. The maximum Gasteiger partial charge on any atom is 0.293 e. The molecule has 1 unspecified atom stereocenters. The molecule has 0 saturated heterocycles.